The van der Waals surface area contributed by atoms with Crippen LogP contribution in [0.5, 0.6) is 0 Å². The van der Waals surface area contributed by atoms with Crippen molar-refractivity contribution in [1.29, 1.82) is 5.26 Å². The molecule has 1 saturated carbocycles. The first-order chi connectivity index (χ1) is 9.60. The SMILES string of the molecule is CCN(CCC#N)C(=O)N1CC2CCCC2C1C(=O)O. The molecule has 0 bridgehead atoms. The van der Waals surface area contributed by atoms with E-state index in [9.17, 15) is 14.7 Å². The van der Waals surface area contributed by atoms with Gasteiger partial charge in [0.15, 0.2) is 0 Å². The van der Waals surface area contributed by atoms with E-state index in [4.69, 9.17) is 5.26 Å². The predicted octanol–water partition coefficient (Wildman–Crippen LogP) is 1.53. The van der Waals surface area contributed by atoms with Crippen molar-refractivity contribution in [2.45, 2.75) is 38.6 Å². The molecule has 3 unspecified atom stereocenters. The van der Waals surface area contributed by atoms with E-state index in [1.54, 1.807) is 4.90 Å². The number of fused-ring (bicyclic) bond motifs is 1. The van der Waals surface area contributed by atoms with Crippen LogP contribution in [0.25, 0.3) is 0 Å². The Kier molecular flexibility index (Phi) is 4.48. The first-order valence-electron chi connectivity index (χ1n) is 7.25. The zero-order valence-electron chi connectivity index (χ0n) is 11.8. The van der Waals surface area contributed by atoms with Gasteiger partial charge >= 0.3 is 12.0 Å². The van der Waals surface area contributed by atoms with Crippen molar-refractivity contribution in [3.8, 4) is 6.07 Å². The van der Waals surface area contributed by atoms with Gasteiger partial charge in [-0.1, -0.05) is 6.42 Å². The summed E-state index contributed by atoms with van der Waals surface area (Å²) in [5.74, 6) is -0.468. The quantitative estimate of drug-likeness (QED) is 0.845. The molecule has 3 atom stereocenters. The molecule has 0 spiro atoms. The maximum Gasteiger partial charge on any atom is 0.326 e. The zero-order valence-corrected chi connectivity index (χ0v) is 11.8. The summed E-state index contributed by atoms with van der Waals surface area (Å²) < 4.78 is 0. The van der Waals surface area contributed by atoms with E-state index in [0.29, 0.717) is 25.6 Å². The number of carbonyl (C=O) groups is 2. The minimum Gasteiger partial charge on any atom is -0.480 e. The first kappa shape index (κ1) is 14.6. The number of urea groups is 1. The highest BCUT2D eigenvalue weighted by Gasteiger charge is 2.50. The van der Waals surface area contributed by atoms with E-state index in [2.05, 4.69) is 0 Å². The second-order valence-corrected chi connectivity index (χ2v) is 5.56. The number of carboxylic acid groups (broad SMARTS) is 1. The number of amides is 2. The number of likely N-dealkylation sites (tertiary alicyclic amines) is 1. The molecule has 2 aliphatic rings. The highest BCUT2D eigenvalue weighted by atomic mass is 16.4. The standard InChI is InChI=1S/C14H21N3O3/c1-2-16(8-4-7-15)14(20)17-9-10-5-3-6-11(10)12(17)13(18)19/h10-12H,2-6,8-9H2,1H3,(H,18,19). The Morgan fingerprint density at radius 3 is 2.80 bits per heavy atom. The number of hydrogen-bond acceptors (Lipinski definition) is 3. The Morgan fingerprint density at radius 2 is 2.20 bits per heavy atom. The van der Waals surface area contributed by atoms with Crippen molar-refractivity contribution in [3.05, 3.63) is 0 Å². The molecule has 0 aromatic rings. The molecule has 1 heterocycles. The summed E-state index contributed by atoms with van der Waals surface area (Å²) in [5, 5.41) is 18.1. The second kappa shape index (κ2) is 6.12. The molecule has 1 saturated heterocycles. The van der Waals surface area contributed by atoms with Crippen LogP contribution >= 0.6 is 0 Å². The van der Waals surface area contributed by atoms with Crippen molar-refractivity contribution in [3.63, 3.8) is 0 Å². The van der Waals surface area contributed by atoms with Crippen LogP contribution in [0.2, 0.25) is 0 Å². The Labute approximate surface area is 119 Å². The van der Waals surface area contributed by atoms with E-state index in [1.165, 1.54) is 4.90 Å². The summed E-state index contributed by atoms with van der Waals surface area (Å²) >= 11 is 0. The van der Waals surface area contributed by atoms with Gasteiger partial charge in [-0.3, -0.25) is 0 Å². The van der Waals surface area contributed by atoms with Crippen LogP contribution in [0.4, 0.5) is 4.79 Å². The van der Waals surface area contributed by atoms with Crippen LogP contribution < -0.4 is 0 Å². The van der Waals surface area contributed by atoms with Crippen LogP contribution in [0.3, 0.4) is 0 Å². The maximum atomic E-state index is 12.5. The third-order valence-corrected chi connectivity index (χ3v) is 4.53. The molecule has 2 rings (SSSR count). The van der Waals surface area contributed by atoms with Crippen LogP contribution in [0, 0.1) is 23.2 Å². The summed E-state index contributed by atoms with van der Waals surface area (Å²) in [5.41, 5.74) is 0. The minimum atomic E-state index is -0.899. The lowest BCUT2D eigenvalue weighted by Gasteiger charge is -2.30. The largest absolute Gasteiger partial charge is 0.480 e. The van der Waals surface area contributed by atoms with Gasteiger partial charge in [-0.25, -0.2) is 9.59 Å². The van der Waals surface area contributed by atoms with Crippen molar-refractivity contribution < 1.29 is 14.7 Å². The van der Waals surface area contributed by atoms with E-state index in [1.807, 2.05) is 13.0 Å². The van der Waals surface area contributed by atoms with Crippen molar-refractivity contribution >= 4 is 12.0 Å². The Bertz CT molecular complexity index is 432. The minimum absolute atomic E-state index is 0.103. The summed E-state index contributed by atoms with van der Waals surface area (Å²) in [6, 6.07) is 1.10. The molecule has 6 nitrogen and oxygen atoms in total. The van der Waals surface area contributed by atoms with E-state index >= 15 is 0 Å². The lowest BCUT2D eigenvalue weighted by atomic mass is 9.94. The molecule has 0 aromatic heterocycles. The number of nitrogens with zero attached hydrogens (tertiary/aromatic N) is 3. The van der Waals surface area contributed by atoms with Gasteiger partial charge < -0.3 is 14.9 Å². The topological polar surface area (TPSA) is 84.6 Å². The second-order valence-electron chi connectivity index (χ2n) is 5.56. The normalized spacial score (nSPS) is 28.0. The molecule has 1 aliphatic carbocycles. The van der Waals surface area contributed by atoms with Gasteiger partial charge in [0.2, 0.25) is 0 Å². The molecule has 1 aliphatic heterocycles. The smallest absolute Gasteiger partial charge is 0.326 e. The van der Waals surface area contributed by atoms with Gasteiger partial charge in [0, 0.05) is 19.6 Å². The maximum absolute atomic E-state index is 12.5. The highest BCUT2D eigenvalue weighted by Crippen LogP contribution is 2.42. The van der Waals surface area contributed by atoms with Gasteiger partial charge in [0.1, 0.15) is 6.04 Å². The van der Waals surface area contributed by atoms with E-state index in [-0.39, 0.29) is 18.4 Å². The Balaban J connectivity index is 2.12. The summed E-state index contributed by atoms with van der Waals surface area (Å²) in [7, 11) is 0. The fourth-order valence-corrected chi connectivity index (χ4v) is 3.57. The molecule has 1 N–H and O–H groups in total. The van der Waals surface area contributed by atoms with Gasteiger partial charge in [-0.15, -0.1) is 0 Å². The van der Waals surface area contributed by atoms with Crippen LogP contribution in [-0.4, -0.2) is 52.6 Å². The molecule has 0 aromatic carbocycles. The van der Waals surface area contributed by atoms with Crippen molar-refractivity contribution in [2.75, 3.05) is 19.6 Å². The number of hydrogen-bond donors (Lipinski definition) is 1. The Hall–Kier alpha value is -1.77. The Morgan fingerprint density at radius 1 is 1.45 bits per heavy atom. The molecular formula is C14H21N3O3. The van der Waals surface area contributed by atoms with Gasteiger partial charge in [0.05, 0.1) is 12.5 Å². The summed E-state index contributed by atoms with van der Waals surface area (Å²) in [6.45, 7) is 3.26. The zero-order chi connectivity index (χ0) is 14.7. The van der Waals surface area contributed by atoms with Crippen molar-refractivity contribution in [1.82, 2.24) is 9.80 Å². The molecule has 2 amide bonds. The molecule has 20 heavy (non-hydrogen) atoms. The first-order valence-corrected chi connectivity index (χ1v) is 7.25. The number of rotatable bonds is 4. The lowest BCUT2D eigenvalue weighted by molar-refractivity contribution is -0.142. The van der Waals surface area contributed by atoms with Crippen molar-refractivity contribution in [2.24, 2.45) is 11.8 Å². The third kappa shape index (κ3) is 2.58. The average Bonchev–Trinajstić information content (AvgIpc) is 2.98. The van der Waals surface area contributed by atoms with Crippen LogP contribution in [0.1, 0.15) is 32.6 Å². The summed E-state index contributed by atoms with van der Waals surface area (Å²) in [6.07, 6.45) is 3.25. The molecule has 0 radical (unpaired) electrons. The summed E-state index contributed by atoms with van der Waals surface area (Å²) in [4.78, 5) is 27.1. The molecule has 2 fully saturated rings. The van der Waals surface area contributed by atoms with E-state index < -0.39 is 12.0 Å². The van der Waals surface area contributed by atoms with E-state index in [0.717, 1.165) is 19.3 Å². The number of carbonyl (C=O) groups excluding carboxylic acids is 1. The van der Waals surface area contributed by atoms with Crippen LogP contribution in [-0.2, 0) is 4.79 Å². The number of carboxylic acids is 1. The molecule has 6 heteroatoms. The fraction of sp³-hybridized carbons (Fsp3) is 0.786. The fourth-order valence-electron chi connectivity index (χ4n) is 3.57. The highest BCUT2D eigenvalue weighted by molar-refractivity contribution is 5.84. The van der Waals surface area contributed by atoms with Gasteiger partial charge in [0.25, 0.3) is 0 Å². The average molecular weight is 279 g/mol. The predicted molar refractivity (Wildman–Crippen MR) is 71.8 cm³/mol. The van der Waals surface area contributed by atoms with Gasteiger partial charge in [-0.2, -0.15) is 5.26 Å². The number of nitriles is 1. The molecular weight excluding hydrogens is 258 g/mol. The monoisotopic (exact) mass is 279 g/mol. The van der Waals surface area contributed by atoms with Crippen LogP contribution in [0.15, 0.2) is 0 Å². The van der Waals surface area contributed by atoms with Gasteiger partial charge in [-0.05, 0) is 31.6 Å². The number of aliphatic carboxylic acids is 1. The third-order valence-electron chi connectivity index (χ3n) is 4.53. The molecule has 110 valence electrons. The lowest BCUT2D eigenvalue weighted by Crippen LogP contribution is -2.49.